The highest BCUT2D eigenvalue weighted by Gasteiger charge is 2.35. The minimum atomic E-state index is -0.590. The first kappa shape index (κ1) is 23.0. The topological polar surface area (TPSA) is 102 Å². The molecule has 3 rings (SSSR count). The summed E-state index contributed by atoms with van der Waals surface area (Å²) in [6.07, 6.45) is 0.807. The number of ether oxygens (including phenoxy) is 2. The maximum absolute atomic E-state index is 12.3. The van der Waals surface area contributed by atoms with Gasteiger partial charge in [-0.05, 0) is 36.2 Å². The number of anilines is 1. The van der Waals surface area contributed by atoms with E-state index in [4.69, 9.17) is 9.47 Å². The van der Waals surface area contributed by atoms with Gasteiger partial charge in [0.25, 0.3) is 5.91 Å². The lowest BCUT2D eigenvalue weighted by Gasteiger charge is -2.16. The Bertz CT molecular complexity index is 958. The van der Waals surface area contributed by atoms with Crippen molar-refractivity contribution in [3.05, 3.63) is 65.7 Å². The molecule has 168 valence electrons. The Morgan fingerprint density at radius 2 is 1.75 bits per heavy atom. The van der Waals surface area contributed by atoms with Gasteiger partial charge in [-0.2, -0.15) is 0 Å². The number of esters is 2. The van der Waals surface area contributed by atoms with Gasteiger partial charge in [-0.15, -0.1) is 0 Å². The summed E-state index contributed by atoms with van der Waals surface area (Å²) in [4.78, 5) is 50.0. The molecular weight excluding hydrogens is 412 g/mol. The van der Waals surface area contributed by atoms with E-state index in [-0.39, 0.29) is 18.9 Å². The Balaban J connectivity index is 1.43. The number of likely N-dealkylation sites (tertiary alicyclic amines) is 1. The Hall–Kier alpha value is -3.68. The SMILES string of the molecule is CCCOC(=O)c1ccc(NC(=O)COC(=O)[C@H]2CC(=O)N(Cc3ccccc3)C2)cc1. The molecule has 1 aliphatic heterocycles. The van der Waals surface area contributed by atoms with Crippen molar-refractivity contribution in [1.82, 2.24) is 4.90 Å². The average Bonchev–Trinajstić information content (AvgIpc) is 3.17. The second-order valence-electron chi connectivity index (χ2n) is 7.53. The van der Waals surface area contributed by atoms with Crippen LogP contribution in [-0.4, -0.2) is 48.4 Å². The van der Waals surface area contributed by atoms with Gasteiger partial charge in [-0.25, -0.2) is 4.79 Å². The molecule has 1 atom stereocenters. The van der Waals surface area contributed by atoms with E-state index in [2.05, 4.69) is 5.32 Å². The standard InChI is InChI=1S/C24H26N2O6/c1-2-12-31-23(29)18-8-10-20(11-9-18)25-21(27)16-32-24(30)19-13-22(28)26(15-19)14-17-6-4-3-5-7-17/h3-11,19H,2,12-16H2,1H3,(H,25,27)/t19-/m0/s1. The lowest BCUT2D eigenvalue weighted by atomic mass is 10.1. The highest BCUT2D eigenvalue weighted by atomic mass is 16.5. The molecule has 0 bridgehead atoms. The summed E-state index contributed by atoms with van der Waals surface area (Å²) in [7, 11) is 0. The number of rotatable bonds is 9. The molecule has 0 spiro atoms. The fraction of sp³-hybridized carbons (Fsp3) is 0.333. The predicted octanol–water partition coefficient (Wildman–Crippen LogP) is 2.78. The van der Waals surface area contributed by atoms with Crippen LogP contribution in [0.3, 0.4) is 0 Å². The molecule has 1 aliphatic rings. The zero-order chi connectivity index (χ0) is 22.9. The molecule has 1 heterocycles. The maximum Gasteiger partial charge on any atom is 0.338 e. The maximum atomic E-state index is 12.3. The van der Waals surface area contributed by atoms with Crippen LogP contribution in [0.2, 0.25) is 0 Å². The van der Waals surface area contributed by atoms with Crippen molar-refractivity contribution >= 4 is 29.4 Å². The van der Waals surface area contributed by atoms with Crippen LogP contribution in [0.25, 0.3) is 0 Å². The van der Waals surface area contributed by atoms with Gasteiger partial charge in [0.15, 0.2) is 6.61 Å². The Morgan fingerprint density at radius 3 is 2.44 bits per heavy atom. The van der Waals surface area contributed by atoms with Crippen molar-refractivity contribution in [3.63, 3.8) is 0 Å². The Morgan fingerprint density at radius 1 is 1.03 bits per heavy atom. The second-order valence-corrected chi connectivity index (χ2v) is 7.53. The summed E-state index contributed by atoms with van der Waals surface area (Å²) in [6.45, 7) is 2.50. The molecule has 2 aromatic rings. The number of hydrogen-bond acceptors (Lipinski definition) is 6. The summed E-state index contributed by atoms with van der Waals surface area (Å²) in [5, 5.41) is 2.60. The van der Waals surface area contributed by atoms with Crippen molar-refractivity contribution in [2.75, 3.05) is 25.1 Å². The highest BCUT2D eigenvalue weighted by Crippen LogP contribution is 2.21. The molecule has 1 saturated heterocycles. The van der Waals surface area contributed by atoms with Crippen molar-refractivity contribution in [2.24, 2.45) is 5.92 Å². The lowest BCUT2D eigenvalue weighted by Crippen LogP contribution is -2.28. The van der Waals surface area contributed by atoms with E-state index in [0.29, 0.717) is 24.4 Å². The average molecular weight is 438 g/mol. The fourth-order valence-electron chi connectivity index (χ4n) is 3.31. The van der Waals surface area contributed by atoms with Crippen LogP contribution in [0.5, 0.6) is 0 Å². The molecule has 1 N–H and O–H groups in total. The number of hydrogen-bond donors (Lipinski definition) is 1. The third kappa shape index (κ3) is 6.41. The van der Waals surface area contributed by atoms with Gasteiger partial charge < -0.3 is 19.7 Å². The molecule has 32 heavy (non-hydrogen) atoms. The van der Waals surface area contributed by atoms with E-state index >= 15 is 0 Å². The first-order valence-corrected chi connectivity index (χ1v) is 10.5. The minimum absolute atomic E-state index is 0.0723. The van der Waals surface area contributed by atoms with Crippen LogP contribution in [0, 0.1) is 5.92 Å². The van der Waals surface area contributed by atoms with Crippen LogP contribution in [0.15, 0.2) is 54.6 Å². The predicted molar refractivity (Wildman–Crippen MR) is 117 cm³/mol. The van der Waals surface area contributed by atoms with Crippen LogP contribution in [0.1, 0.15) is 35.7 Å². The van der Waals surface area contributed by atoms with E-state index in [1.54, 1.807) is 29.2 Å². The fourth-order valence-corrected chi connectivity index (χ4v) is 3.31. The summed E-state index contributed by atoms with van der Waals surface area (Å²) in [6, 6.07) is 15.8. The Kier molecular flexibility index (Phi) is 7.96. The van der Waals surface area contributed by atoms with E-state index in [1.165, 1.54) is 0 Å². The van der Waals surface area contributed by atoms with Crippen LogP contribution in [-0.2, 0) is 30.4 Å². The van der Waals surface area contributed by atoms with E-state index in [0.717, 1.165) is 12.0 Å². The monoisotopic (exact) mass is 438 g/mol. The molecule has 2 amide bonds. The minimum Gasteiger partial charge on any atom is -0.462 e. The largest absolute Gasteiger partial charge is 0.462 e. The van der Waals surface area contributed by atoms with Gasteiger partial charge in [0.2, 0.25) is 5.91 Å². The summed E-state index contributed by atoms with van der Waals surface area (Å²) in [5.74, 6) is -2.21. The van der Waals surface area contributed by atoms with Gasteiger partial charge in [0.05, 0.1) is 18.1 Å². The highest BCUT2D eigenvalue weighted by molar-refractivity contribution is 5.95. The zero-order valence-electron chi connectivity index (χ0n) is 17.9. The van der Waals surface area contributed by atoms with Crippen LogP contribution < -0.4 is 5.32 Å². The first-order valence-electron chi connectivity index (χ1n) is 10.5. The number of carbonyl (C=O) groups is 4. The molecule has 0 saturated carbocycles. The molecule has 8 nitrogen and oxygen atoms in total. The lowest BCUT2D eigenvalue weighted by molar-refractivity contribution is -0.151. The number of carbonyl (C=O) groups excluding carboxylic acids is 4. The van der Waals surface area contributed by atoms with E-state index in [1.807, 2.05) is 37.3 Å². The van der Waals surface area contributed by atoms with Gasteiger partial charge in [0, 0.05) is 25.2 Å². The molecule has 0 radical (unpaired) electrons. The molecule has 2 aromatic carbocycles. The van der Waals surface area contributed by atoms with Gasteiger partial charge in [-0.3, -0.25) is 14.4 Å². The van der Waals surface area contributed by atoms with Crippen molar-refractivity contribution in [2.45, 2.75) is 26.3 Å². The van der Waals surface area contributed by atoms with Gasteiger partial charge in [-0.1, -0.05) is 37.3 Å². The van der Waals surface area contributed by atoms with E-state index < -0.39 is 30.4 Å². The normalized spacial score (nSPS) is 15.3. The number of nitrogens with zero attached hydrogens (tertiary/aromatic N) is 1. The zero-order valence-corrected chi connectivity index (χ0v) is 17.9. The quantitative estimate of drug-likeness (QED) is 0.604. The smallest absolute Gasteiger partial charge is 0.338 e. The van der Waals surface area contributed by atoms with Crippen molar-refractivity contribution in [3.8, 4) is 0 Å². The molecular formula is C24H26N2O6. The van der Waals surface area contributed by atoms with Crippen LogP contribution in [0.4, 0.5) is 5.69 Å². The number of amides is 2. The van der Waals surface area contributed by atoms with Gasteiger partial charge in [0.1, 0.15) is 0 Å². The summed E-state index contributed by atoms with van der Waals surface area (Å²) in [5.41, 5.74) is 1.83. The number of nitrogens with one attached hydrogen (secondary N) is 1. The molecule has 1 fully saturated rings. The summed E-state index contributed by atoms with van der Waals surface area (Å²) < 4.78 is 10.2. The van der Waals surface area contributed by atoms with Gasteiger partial charge >= 0.3 is 11.9 Å². The molecule has 0 aliphatic carbocycles. The third-order valence-corrected chi connectivity index (χ3v) is 4.95. The molecule has 0 unspecified atom stereocenters. The first-order chi connectivity index (χ1) is 15.5. The van der Waals surface area contributed by atoms with Crippen molar-refractivity contribution in [1.29, 1.82) is 0 Å². The second kappa shape index (κ2) is 11.1. The molecule has 8 heteroatoms. The van der Waals surface area contributed by atoms with E-state index in [9.17, 15) is 19.2 Å². The third-order valence-electron chi connectivity index (χ3n) is 4.95. The Labute approximate surface area is 186 Å². The van der Waals surface area contributed by atoms with Crippen molar-refractivity contribution < 1.29 is 28.7 Å². The van der Waals surface area contributed by atoms with Crippen LogP contribution >= 0.6 is 0 Å². The molecule has 0 aromatic heterocycles. The number of benzene rings is 2. The summed E-state index contributed by atoms with van der Waals surface area (Å²) >= 11 is 0.